The Hall–Kier alpha value is -0.120. The third kappa shape index (κ3) is 1.48. The second kappa shape index (κ2) is 2.86. The molecule has 1 atom stereocenters. The van der Waals surface area contributed by atoms with Crippen molar-refractivity contribution in [1.29, 1.82) is 0 Å². The molecule has 1 saturated carbocycles. The Morgan fingerprint density at radius 3 is 2.60 bits per heavy atom. The third-order valence-electron chi connectivity index (χ3n) is 2.34. The highest BCUT2D eigenvalue weighted by Gasteiger charge is 2.41. The average molecular weight is 145 g/mol. The van der Waals surface area contributed by atoms with Crippen molar-refractivity contribution in [3.05, 3.63) is 0 Å². The van der Waals surface area contributed by atoms with Crippen LogP contribution >= 0.6 is 0 Å². The van der Waals surface area contributed by atoms with Crippen LogP contribution in [0.4, 0.5) is 0 Å². The van der Waals surface area contributed by atoms with Gasteiger partial charge in [0.2, 0.25) is 0 Å². The molecule has 0 aromatic heterocycles. The van der Waals surface area contributed by atoms with Crippen molar-refractivity contribution in [3.63, 3.8) is 0 Å². The maximum absolute atomic E-state index is 8.99. The molecular formula is C7H15NO2. The van der Waals surface area contributed by atoms with E-state index in [0.717, 1.165) is 0 Å². The second-order valence-corrected chi connectivity index (χ2v) is 3.40. The van der Waals surface area contributed by atoms with Crippen LogP contribution in [0.1, 0.15) is 19.8 Å². The third-order valence-corrected chi connectivity index (χ3v) is 2.34. The fraction of sp³-hybridized carbons (Fsp3) is 1.00. The van der Waals surface area contributed by atoms with Crippen LogP contribution in [0.15, 0.2) is 0 Å². The molecule has 0 heterocycles. The van der Waals surface area contributed by atoms with Crippen molar-refractivity contribution in [3.8, 4) is 0 Å². The SMILES string of the molecule is CC(CO)(CON)C1CC1. The fourth-order valence-corrected chi connectivity index (χ4v) is 1.26. The van der Waals surface area contributed by atoms with E-state index in [4.69, 9.17) is 11.0 Å². The summed E-state index contributed by atoms with van der Waals surface area (Å²) in [5.41, 5.74) is -0.0885. The molecule has 0 aliphatic heterocycles. The van der Waals surface area contributed by atoms with Crippen LogP contribution in [0.25, 0.3) is 0 Å². The monoisotopic (exact) mass is 145 g/mol. The van der Waals surface area contributed by atoms with Crippen LogP contribution in [-0.2, 0) is 4.84 Å². The van der Waals surface area contributed by atoms with E-state index in [2.05, 4.69) is 4.84 Å². The van der Waals surface area contributed by atoms with Gasteiger partial charge in [-0.05, 0) is 18.8 Å². The summed E-state index contributed by atoms with van der Waals surface area (Å²) in [5.74, 6) is 5.57. The van der Waals surface area contributed by atoms with E-state index in [9.17, 15) is 0 Å². The van der Waals surface area contributed by atoms with Crippen molar-refractivity contribution in [2.45, 2.75) is 19.8 Å². The van der Waals surface area contributed by atoms with Gasteiger partial charge in [-0.2, -0.15) is 0 Å². The zero-order chi connectivity index (χ0) is 7.61. The van der Waals surface area contributed by atoms with Crippen LogP contribution in [0.3, 0.4) is 0 Å². The predicted octanol–water partition coefficient (Wildman–Crippen LogP) is 0.285. The maximum Gasteiger partial charge on any atom is 0.0757 e. The number of aliphatic hydroxyl groups is 1. The molecule has 1 fully saturated rings. The van der Waals surface area contributed by atoms with Crippen molar-refractivity contribution in [2.75, 3.05) is 13.2 Å². The van der Waals surface area contributed by atoms with Gasteiger partial charge in [-0.25, -0.2) is 5.90 Å². The van der Waals surface area contributed by atoms with Crippen LogP contribution < -0.4 is 5.90 Å². The molecule has 10 heavy (non-hydrogen) atoms. The van der Waals surface area contributed by atoms with Gasteiger partial charge in [0, 0.05) is 5.41 Å². The number of rotatable bonds is 4. The molecule has 0 aromatic carbocycles. The molecule has 1 unspecified atom stereocenters. The lowest BCUT2D eigenvalue weighted by Crippen LogP contribution is -2.31. The van der Waals surface area contributed by atoms with E-state index in [1.165, 1.54) is 12.8 Å². The van der Waals surface area contributed by atoms with Gasteiger partial charge in [0.05, 0.1) is 13.2 Å². The molecule has 0 aromatic rings. The topological polar surface area (TPSA) is 55.5 Å². The van der Waals surface area contributed by atoms with Gasteiger partial charge in [-0.15, -0.1) is 0 Å². The number of aliphatic hydroxyl groups excluding tert-OH is 1. The van der Waals surface area contributed by atoms with Gasteiger partial charge in [0.1, 0.15) is 0 Å². The molecule has 60 valence electrons. The van der Waals surface area contributed by atoms with Gasteiger partial charge in [0.25, 0.3) is 0 Å². The maximum atomic E-state index is 8.99. The first-order chi connectivity index (χ1) is 4.73. The molecule has 3 heteroatoms. The Balaban J connectivity index is 2.39. The molecule has 0 bridgehead atoms. The van der Waals surface area contributed by atoms with E-state index in [1.54, 1.807) is 0 Å². The Kier molecular flexibility index (Phi) is 2.28. The van der Waals surface area contributed by atoms with Gasteiger partial charge in [0.15, 0.2) is 0 Å². The minimum atomic E-state index is -0.0885. The van der Waals surface area contributed by atoms with Gasteiger partial charge in [-0.1, -0.05) is 6.92 Å². The first-order valence-corrected chi connectivity index (χ1v) is 3.65. The molecule has 3 nitrogen and oxygen atoms in total. The van der Waals surface area contributed by atoms with Crippen molar-refractivity contribution >= 4 is 0 Å². The van der Waals surface area contributed by atoms with Crippen LogP contribution in [0.2, 0.25) is 0 Å². The summed E-state index contributed by atoms with van der Waals surface area (Å²) in [6.07, 6.45) is 2.42. The molecule has 0 spiro atoms. The van der Waals surface area contributed by atoms with Gasteiger partial charge >= 0.3 is 0 Å². The zero-order valence-electron chi connectivity index (χ0n) is 6.34. The standard InChI is InChI=1S/C7H15NO2/c1-7(4-9,5-10-8)6-2-3-6/h6,9H,2-5,8H2,1H3. The molecule has 0 radical (unpaired) electrons. The molecule has 1 rings (SSSR count). The van der Waals surface area contributed by atoms with Crippen LogP contribution in [0, 0.1) is 11.3 Å². The number of nitrogens with two attached hydrogens (primary N) is 1. The van der Waals surface area contributed by atoms with Crippen LogP contribution in [0.5, 0.6) is 0 Å². The highest BCUT2D eigenvalue weighted by molar-refractivity contribution is 4.90. The molecule has 3 N–H and O–H groups in total. The van der Waals surface area contributed by atoms with Crippen molar-refractivity contribution in [1.82, 2.24) is 0 Å². The summed E-state index contributed by atoms with van der Waals surface area (Å²) in [5, 5.41) is 8.99. The Morgan fingerprint density at radius 2 is 2.30 bits per heavy atom. The summed E-state index contributed by atoms with van der Waals surface area (Å²) in [6.45, 7) is 2.65. The zero-order valence-corrected chi connectivity index (χ0v) is 6.34. The molecule has 1 aliphatic carbocycles. The lowest BCUT2D eigenvalue weighted by molar-refractivity contribution is 0.00311. The highest BCUT2D eigenvalue weighted by atomic mass is 16.6. The largest absolute Gasteiger partial charge is 0.396 e. The predicted molar refractivity (Wildman–Crippen MR) is 38.1 cm³/mol. The Labute approximate surface area is 61.1 Å². The summed E-state index contributed by atoms with van der Waals surface area (Å²) in [7, 11) is 0. The van der Waals surface area contributed by atoms with Crippen molar-refractivity contribution in [2.24, 2.45) is 17.2 Å². The lowest BCUT2D eigenvalue weighted by atomic mass is 9.87. The summed E-state index contributed by atoms with van der Waals surface area (Å²) in [4.78, 5) is 4.54. The van der Waals surface area contributed by atoms with Crippen molar-refractivity contribution < 1.29 is 9.94 Å². The number of hydrogen-bond donors (Lipinski definition) is 2. The van der Waals surface area contributed by atoms with Crippen LogP contribution in [-0.4, -0.2) is 18.3 Å². The average Bonchev–Trinajstić information content (AvgIpc) is 2.69. The lowest BCUT2D eigenvalue weighted by Gasteiger charge is -2.25. The first kappa shape index (κ1) is 7.98. The highest BCUT2D eigenvalue weighted by Crippen LogP contribution is 2.45. The Morgan fingerprint density at radius 1 is 1.70 bits per heavy atom. The van der Waals surface area contributed by atoms with E-state index >= 15 is 0 Å². The van der Waals surface area contributed by atoms with Gasteiger partial charge < -0.3 is 9.94 Å². The summed E-state index contributed by atoms with van der Waals surface area (Å²) in [6, 6.07) is 0. The minimum Gasteiger partial charge on any atom is -0.396 e. The van der Waals surface area contributed by atoms with E-state index < -0.39 is 0 Å². The fourth-order valence-electron chi connectivity index (χ4n) is 1.26. The first-order valence-electron chi connectivity index (χ1n) is 3.65. The quantitative estimate of drug-likeness (QED) is 0.559. The summed E-state index contributed by atoms with van der Waals surface area (Å²) < 4.78 is 0. The summed E-state index contributed by atoms with van der Waals surface area (Å²) >= 11 is 0. The second-order valence-electron chi connectivity index (χ2n) is 3.40. The van der Waals surface area contributed by atoms with E-state index in [0.29, 0.717) is 12.5 Å². The van der Waals surface area contributed by atoms with E-state index in [-0.39, 0.29) is 12.0 Å². The molecule has 1 aliphatic rings. The minimum absolute atomic E-state index is 0.0885. The Bertz CT molecular complexity index is 114. The smallest absolute Gasteiger partial charge is 0.0757 e. The normalized spacial score (nSPS) is 24.3. The van der Waals surface area contributed by atoms with E-state index in [1.807, 2.05) is 6.92 Å². The van der Waals surface area contributed by atoms with Gasteiger partial charge in [-0.3, -0.25) is 0 Å². The molecule has 0 saturated heterocycles. The number of hydrogen-bond acceptors (Lipinski definition) is 3. The molecule has 0 amide bonds. The molecular weight excluding hydrogens is 130 g/mol.